The summed E-state index contributed by atoms with van der Waals surface area (Å²) in [6.07, 6.45) is 1.72. The van der Waals surface area contributed by atoms with Gasteiger partial charge in [-0.3, -0.25) is 0 Å². The molecule has 0 saturated carbocycles. The minimum atomic E-state index is -0.00579. The van der Waals surface area contributed by atoms with Gasteiger partial charge in [0.15, 0.2) is 0 Å². The third-order valence-electron chi connectivity index (χ3n) is 1.61. The Labute approximate surface area is 67.0 Å². The minimum Gasteiger partial charge on any atom is -0.394 e. The van der Waals surface area contributed by atoms with Crippen LogP contribution in [0, 0.1) is 0 Å². The maximum absolute atomic E-state index is 8.63. The van der Waals surface area contributed by atoms with Crippen molar-refractivity contribution in [3.05, 3.63) is 0 Å². The van der Waals surface area contributed by atoms with E-state index in [4.69, 9.17) is 15.6 Å². The standard InChI is InChI=1S/C6H13NO2.ClH/c7-5-1-2-9-6(3-5)4-8;/h5-6,8H,1-4,7H2;1H/t5-,6-;/m0./s1. The summed E-state index contributed by atoms with van der Waals surface area (Å²) in [4.78, 5) is 0. The van der Waals surface area contributed by atoms with Crippen LogP contribution >= 0.6 is 12.4 Å². The van der Waals surface area contributed by atoms with Crippen LogP contribution in [0.2, 0.25) is 0 Å². The second kappa shape index (κ2) is 4.91. The molecule has 0 aromatic carbocycles. The van der Waals surface area contributed by atoms with Gasteiger partial charge in [-0.1, -0.05) is 0 Å². The summed E-state index contributed by atoms with van der Waals surface area (Å²) in [5, 5.41) is 8.63. The van der Waals surface area contributed by atoms with Crippen LogP contribution in [-0.2, 0) is 4.74 Å². The molecule has 0 aromatic rings. The van der Waals surface area contributed by atoms with Gasteiger partial charge >= 0.3 is 0 Å². The van der Waals surface area contributed by atoms with E-state index in [-0.39, 0.29) is 31.2 Å². The van der Waals surface area contributed by atoms with Crippen molar-refractivity contribution in [2.75, 3.05) is 13.2 Å². The quantitative estimate of drug-likeness (QED) is 0.574. The van der Waals surface area contributed by atoms with Gasteiger partial charge in [0.05, 0.1) is 12.7 Å². The Bertz CT molecular complexity index is 91.8. The maximum Gasteiger partial charge on any atom is 0.0820 e. The van der Waals surface area contributed by atoms with Crippen molar-refractivity contribution in [3.63, 3.8) is 0 Å². The van der Waals surface area contributed by atoms with Crippen molar-refractivity contribution in [2.45, 2.75) is 25.0 Å². The van der Waals surface area contributed by atoms with Crippen LogP contribution in [-0.4, -0.2) is 30.5 Å². The van der Waals surface area contributed by atoms with Crippen LogP contribution in [0.1, 0.15) is 12.8 Å². The minimum absolute atomic E-state index is 0. The van der Waals surface area contributed by atoms with Gasteiger partial charge in [0.25, 0.3) is 0 Å². The topological polar surface area (TPSA) is 55.5 Å². The number of rotatable bonds is 1. The number of hydrogen-bond acceptors (Lipinski definition) is 3. The van der Waals surface area contributed by atoms with E-state index in [0.29, 0.717) is 6.61 Å². The molecule has 62 valence electrons. The summed E-state index contributed by atoms with van der Waals surface area (Å²) in [5.74, 6) is 0. The molecular weight excluding hydrogens is 154 g/mol. The Kier molecular flexibility index (Phi) is 4.99. The molecule has 1 aliphatic heterocycles. The first kappa shape index (κ1) is 10.2. The Morgan fingerprint density at radius 1 is 1.60 bits per heavy atom. The highest BCUT2D eigenvalue weighted by Crippen LogP contribution is 2.10. The van der Waals surface area contributed by atoms with Gasteiger partial charge in [0.2, 0.25) is 0 Å². The third-order valence-corrected chi connectivity index (χ3v) is 1.61. The van der Waals surface area contributed by atoms with Crippen molar-refractivity contribution in [1.29, 1.82) is 0 Å². The average Bonchev–Trinajstić information content (AvgIpc) is 1.88. The lowest BCUT2D eigenvalue weighted by Crippen LogP contribution is -2.36. The molecule has 0 aromatic heterocycles. The predicted molar refractivity (Wildman–Crippen MR) is 41.3 cm³/mol. The molecule has 3 nitrogen and oxygen atoms in total. The first-order valence-corrected chi connectivity index (χ1v) is 3.31. The summed E-state index contributed by atoms with van der Waals surface area (Å²) in [6.45, 7) is 0.806. The highest BCUT2D eigenvalue weighted by atomic mass is 35.5. The Morgan fingerprint density at radius 2 is 2.30 bits per heavy atom. The zero-order valence-electron chi connectivity index (χ0n) is 5.82. The Balaban J connectivity index is 0.000000810. The van der Waals surface area contributed by atoms with E-state index in [0.717, 1.165) is 12.8 Å². The van der Waals surface area contributed by atoms with Crippen LogP contribution in [0.25, 0.3) is 0 Å². The largest absolute Gasteiger partial charge is 0.394 e. The van der Waals surface area contributed by atoms with E-state index in [9.17, 15) is 0 Å². The highest BCUT2D eigenvalue weighted by molar-refractivity contribution is 5.85. The highest BCUT2D eigenvalue weighted by Gasteiger charge is 2.17. The first-order chi connectivity index (χ1) is 4.33. The third kappa shape index (κ3) is 2.84. The van der Waals surface area contributed by atoms with E-state index < -0.39 is 0 Å². The van der Waals surface area contributed by atoms with Gasteiger partial charge in [-0.2, -0.15) is 0 Å². The monoisotopic (exact) mass is 167 g/mol. The summed E-state index contributed by atoms with van der Waals surface area (Å²) in [6, 6.07) is 0.232. The Hall–Kier alpha value is 0.170. The molecule has 0 unspecified atom stereocenters. The lowest BCUT2D eigenvalue weighted by atomic mass is 10.1. The molecule has 0 radical (unpaired) electrons. The molecule has 3 N–H and O–H groups in total. The van der Waals surface area contributed by atoms with Gasteiger partial charge in [0, 0.05) is 12.6 Å². The lowest BCUT2D eigenvalue weighted by molar-refractivity contribution is -0.0237. The average molecular weight is 168 g/mol. The summed E-state index contributed by atoms with van der Waals surface area (Å²) in [7, 11) is 0. The summed E-state index contributed by atoms with van der Waals surface area (Å²) in [5.41, 5.74) is 5.61. The molecule has 0 bridgehead atoms. The predicted octanol–water partition coefficient (Wildman–Crippen LogP) is -0.0932. The van der Waals surface area contributed by atoms with Crippen molar-refractivity contribution in [3.8, 4) is 0 Å². The second-order valence-corrected chi connectivity index (χ2v) is 2.46. The molecule has 1 saturated heterocycles. The van der Waals surface area contributed by atoms with E-state index in [1.807, 2.05) is 0 Å². The second-order valence-electron chi connectivity index (χ2n) is 2.46. The SMILES string of the molecule is Cl.N[C@H]1CCO[C@H](CO)C1. The smallest absolute Gasteiger partial charge is 0.0820 e. The molecule has 0 aliphatic carbocycles. The molecule has 1 aliphatic rings. The summed E-state index contributed by atoms with van der Waals surface area (Å²) < 4.78 is 5.17. The first-order valence-electron chi connectivity index (χ1n) is 3.31. The van der Waals surface area contributed by atoms with Gasteiger partial charge in [-0.15, -0.1) is 12.4 Å². The zero-order chi connectivity index (χ0) is 6.69. The number of hydrogen-bond donors (Lipinski definition) is 2. The molecule has 1 rings (SSSR count). The van der Waals surface area contributed by atoms with Crippen LogP contribution < -0.4 is 5.73 Å². The molecule has 0 amide bonds. The number of aliphatic hydroxyl groups is 1. The fraction of sp³-hybridized carbons (Fsp3) is 1.00. The molecule has 4 heteroatoms. The molecule has 1 fully saturated rings. The Morgan fingerprint density at radius 3 is 2.70 bits per heavy atom. The number of aliphatic hydroxyl groups excluding tert-OH is 1. The number of nitrogens with two attached hydrogens (primary N) is 1. The van der Waals surface area contributed by atoms with Crippen LogP contribution in [0.4, 0.5) is 0 Å². The van der Waals surface area contributed by atoms with E-state index in [1.54, 1.807) is 0 Å². The van der Waals surface area contributed by atoms with Crippen molar-refractivity contribution in [1.82, 2.24) is 0 Å². The van der Waals surface area contributed by atoms with Crippen molar-refractivity contribution >= 4 is 12.4 Å². The number of ether oxygens (including phenoxy) is 1. The van der Waals surface area contributed by atoms with Gasteiger partial charge < -0.3 is 15.6 Å². The van der Waals surface area contributed by atoms with Crippen molar-refractivity contribution in [2.24, 2.45) is 5.73 Å². The molecule has 1 heterocycles. The van der Waals surface area contributed by atoms with E-state index >= 15 is 0 Å². The van der Waals surface area contributed by atoms with Gasteiger partial charge in [-0.05, 0) is 12.8 Å². The fourth-order valence-electron chi connectivity index (χ4n) is 1.04. The summed E-state index contributed by atoms with van der Waals surface area (Å²) >= 11 is 0. The lowest BCUT2D eigenvalue weighted by Gasteiger charge is -2.25. The normalized spacial score (nSPS) is 33.0. The zero-order valence-corrected chi connectivity index (χ0v) is 6.64. The molecular formula is C6H14ClNO2. The van der Waals surface area contributed by atoms with Crippen LogP contribution in [0.5, 0.6) is 0 Å². The maximum atomic E-state index is 8.63. The van der Waals surface area contributed by atoms with E-state index in [1.165, 1.54) is 0 Å². The molecule has 2 atom stereocenters. The van der Waals surface area contributed by atoms with E-state index in [2.05, 4.69) is 0 Å². The number of halogens is 1. The van der Waals surface area contributed by atoms with Gasteiger partial charge in [0.1, 0.15) is 0 Å². The van der Waals surface area contributed by atoms with Crippen LogP contribution in [0.3, 0.4) is 0 Å². The fourth-order valence-corrected chi connectivity index (χ4v) is 1.04. The molecule has 0 spiro atoms. The molecule has 10 heavy (non-hydrogen) atoms. The van der Waals surface area contributed by atoms with Crippen molar-refractivity contribution < 1.29 is 9.84 Å². The van der Waals surface area contributed by atoms with Crippen LogP contribution in [0.15, 0.2) is 0 Å². The van der Waals surface area contributed by atoms with Gasteiger partial charge in [-0.25, -0.2) is 0 Å².